The third kappa shape index (κ3) is 3.38. The molecule has 3 N–H and O–H groups in total. The fraction of sp³-hybridized carbons (Fsp3) is 0.190. The second kappa shape index (κ2) is 7.26. The molecule has 7 heteroatoms. The monoisotopic (exact) mass is 379 g/mol. The van der Waals surface area contributed by atoms with Crippen molar-refractivity contribution >= 4 is 11.4 Å². The van der Waals surface area contributed by atoms with E-state index in [1.807, 2.05) is 47.3 Å². The first-order valence-electron chi connectivity index (χ1n) is 9.15. The zero-order valence-corrected chi connectivity index (χ0v) is 15.8. The van der Waals surface area contributed by atoms with Crippen molar-refractivity contribution in [3.8, 4) is 11.4 Å². The highest BCUT2D eigenvalue weighted by Crippen LogP contribution is 2.18. The largest absolute Gasteiger partial charge is 0.342 e. The van der Waals surface area contributed by atoms with Crippen LogP contribution in [0.25, 0.3) is 16.9 Å². The van der Waals surface area contributed by atoms with E-state index in [4.69, 9.17) is 0 Å². The quantitative estimate of drug-likeness (QED) is 0.457. The highest BCUT2D eigenvalue weighted by atomic mass is 19.1. The number of nitrogens with one attached hydrogen (secondary N) is 3. The van der Waals surface area contributed by atoms with E-state index >= 15 is 0 Å². The van der Waals surface area contributed by atoms with Crippen molar-refractivity contribution in [3.63, 3.8) is 0 Å². The van der Waals surface area contributed by atoms with E-state index < -0.39 is 0 Å². The molecule has 4 rings (SSSR count). The number of aryl methyl sites for hydroxylation is 2. The summed E-state index contributed by atoms with van der Waals surface area (Å²) in [6.45, 7) is 5.17. The second-order valence-corrected chi connectivity index (χ2v) is 6.80. The summed E-state index contributed by atoms with van der Waals surface area (Å²) in [5, 5.41) is 6.21. The van der Waals surface area contributed by atoms with Gasteiger partial charge >= 0.3 is 0 Å². The standard InChI is InChI=1S/C21H20FN5O/c1-14-13-15(2)27(25-14)12-10-23-21(28)19-18-5-3-4-11-26(18)20(24-19)16-6-8-17(22)9-7-16/h3-9,11,13H,10,12H2,1-2H3,(H,23,28)/p+2. The Hall–Kier alpha value is -3.48. The smallest absolute Gasteiger partial charge is 0.295 e. The molecule has 1 aromatic carbocycles. The maximum absolute atomic E-state index is 13.3. The van der Waals surface area contributed by atoms with E-state index in [1.165, 1.54) is 12.1 Å². The van der Waals surface area contributed by atoms with Crippen molar-refractivity contribution in [2.24, 2.45) is 0 Å². The minimum absolute atomic E-state index is 0.182. The van der Waals surface area contributed by atoms with Crippen molar-refractivity contribution in [2.75, 3.05) is 6.54 Å². The molecule has 0 unspecified atom stereocenters. The number of rotatable bonds is 5. The van der Waals surface area contributed by atoms with Crippen molar-refractivity contribution in [1.29, 1.82) is 0 Å². The van der Waals surface area contributed by atoms with Crippen LogP contribution in [0.1, 0.15) is 21.9 Å². The van der Waals surface area contributed by atoms with Gasteiger partial charge in [0.1, 0.15) is 5.82 Å². The molecule has 0 aliphatic carbocycles. The number of imidazole rings is 1. The van der Waals surface area contributed by atoms with Crippen LogP contribution in [0.15, 0.2) is 54.7 Å². The molecule has 0 spiro atoms. The van der Waals surface area contributed by atoms with Gasteiger partial charge in [-0.25, -0.2) is 9.37 Å². The number of pyridine rings is 1. The topological polar surface area (TPSA) is 68.7 Å². The molecular weight excluding hydrogens is 357 g/mol. The van der Waals surface area contributed by atoms with E-state index in [0.29, 0.717) is 18.8 Å². The number of hydrogen-bond donors (Lipinski definition) is 3. The first-order chi connectivity index (χ1) is 13.5. The van der Waals surface area contributed by atoms with Gasteiger partial charge in [-0.3, -0.25) is 4.79 Å². The summed E-state index contributed by atoms with van der Waals surface area (Å²) >= 11 is 0. The lowest BCUT2D eigenvalue weighted by molar-refractivity contribution is -0.753. The molecule has 3 heterocycles. The lowest BCUT2D eigenvalue weighted by Crippen LogP contribution is -2.44. The van der Waals surface area contributed by atoms with Crippen LogP contribution in [-0.4, -0.2) is 22.5 Å². The predicted molar refractivity (Wildman–Crippen MR) is 102 cm³/mol. The molecule has 0 saturated carbocycles. The molecule has 0 aliphatic rings. The Morgan fingerprint density at radius 2 is 1.93 bits per heavy atom. The summed E-state index contributed by atoms with van der Waals surface area (Å²) in [6.07, 6.45) is 1.88. The van der Waals surface area contributed by atoms with Gasteiger partial charge < -0.3 is 5.32 Å². The van der Waals surface area contributed by atoms with Crippen molar-refractivity contribution in [3.05, 3.63) is 77.6 Å². The maximum Gasteiger partial charge on any atom is 0.295 e. The van der Waals surface area contributed by atoms with Crippen LogP contribution in [-0.2, 0) is 6.54 Å². The SMILES string of the molecule is Cc1cc(C)[n+](CCNC(=O)c2[nH]c(-c3ccc(F)cc3)[n+]3ccccc23)[nH]1. The van der Waals surface area contributed by atoms with Crippen molar-refractivity contribution < 1.29 is 18.3 Å². The number of amides is 1. The second-order valence-electron chi connectivity index (χ2n) is 6.80. The molecule has 0 saturated heterocycles. The summed E-state index contributed by atoms with van der Waals surface area (Å²) in [5.74, 6) is 0.250. The van der Waals surface area contributed by atoms with Crippen LogP contribution < -0.4 is 14.4 Å². The van der Waals surface area contributed by atoms with Gasteiger partial charge in [-0.05, 0) is 43.3 Å². The predicted octanol–water partition coefficient (Wildman–Crippen LogP) is 2.22. The molecule has 0 fully saturated rings. The Morgan fingerprint density at radius 3 is 2.64 bits per heavy atom. The molecular formula is C21H22FN5O+2. The Labute approximate surface area is 161 Å². The molecule has 28 heavy (non-hydrogen) atoms. The van der Waals surface area contributed by atoms with E-state index in [1.54, 1.807) is 12.1 Å². The minimum atomic E-state index is -0.296. The van der Waals surface area contributed by atoms with Crippen LogP contribution in [0.3, 0.4) is 0 Å². The molecule has 6 nitrogen and oxygen atoms in total. The number of aromatic amines is 2. The number of carbonyl (C=O) groups excluding carboxylic acids is 1. The third-order valence-corrected chi connectivity index (χ3v) is 4.73. The lowest BCUT2D eigenvalue weighted by atomic mass is 10.2. The maximum atomic E-state index is 13.3. The summed E-state index contributed by atoms with van der Waals surface area (Å²) in [6, 6.07) is 13.9. The first-order valence-corrected chi connectivity index (χ1v) is 9.15. The fourth-order valence-electron chi connectivity index (χ4n) is 3.40. The van der Waals surface area contributed by atoms with Gasteiger partial charge in [0.25, 0.3) is 11.7 Å². The Morgan fingerprint density at radius 1 is 1.14 bits per heavy atom. The summed E-state index contributed by atoms with van der Waals surface area (Å²) in [7, 11) is 0. The number of carbonyl (C=O) groups is 1. The number of H-pyrrole nitrogens is 2. The molecule has 0 radical (unpaired) electrons. The molecule has 3 aromatic heterocycles. The summed E-state index contributed by atoms with van der Waals surface area (Å²) < 4.78 is 17.2. The highest BCUT2D eigenvalue weighted by molar-refractivity contribution is 5.98. The van der Waals surface area contributed by atoms with Crippen LogP contribution in [0.4, 0.5) is 4.39 Å². The average molecular weight is 379 g/mol. The van der Waals surface area contributed by atoms with Gasteiger partial charge in [0.15, 0.2) is 12.1 Å². The Kier molecular flexibility index (Phi) is 4.65. The number of hydrogen-bond acceptors (Lipinski definition) is 1. The Balaban J connectivity index is 1.58. The van der Waals surface area contributed by atoms with Crippen LogP contribution in [0.5, 0.6) is 0 Å². The lowest BCUT2D eigenvalue weighted by Gasteiger charge is -1.99. The van der Waals surface area contributed by atoms with Gasteiger partial charge in [-0.1, -0.05) is 6.07 Å². The fourth-order valence-corrected chi connectivity index (χ4v) is 3.40. The van der Waals surface area contributed by atoms with Crippen LogP contribution >= 0.6 is 0 Å². The summed E-state index contributed by atoms with van der Waals surface area (Å²) in [5.41, 5.74) is 4.24. The van der Waals surface area contributed by atoms with Gasteiger partial charge in [0.2, 0.25) is 11.4 Å². The number of nitrogens with zero attached hydrogens (tertiary/aromatic N) is 2. The number of fused-ring (bicyclic) bond motifs is 1. The van der Waals surface area contributed by atoms with Crippen molar-refractivity contribution in [1.82, 2.24) is 15.4 Å². The minimum Gasteiger partial charge on any atom is -0.342 e. The normalized spacial score (nSPS) is 11.1. The molecule has 4 aromatic rings. The molecule has 0 atom stereocenters. The average Bonchev–Trinajstić information content (AvgIpc) is 3.22. The van der Waals surface area contributed by atoms with E-state index in [2.05, 4.69) is 21.5 Å². The van der Waals surface area contributed by atoms with Gasteiger partial charge in [-0.2, -0.15) is 9.50 Å². The first kappa shape index (κ1) is 17.9. The zero-order chi connectivity index (χ0) is 19.7. The van der Waals surface area contributed by atoms with Gasteiger partial charge in [-0.15, -0.1) is 4.68 Å². The van der Waals surface area contributed by atoms with Crippen LogP contribution in [0.2, 0.25) is 0 Å². The van der Waals surface area contributed by atoms with Gasteiger partial charge in [0, 0.05) is 13.0 Å². The number of halogens is 1. The third-order valence-electron chi connectivity index (χ3n) is 4.73. The zero-order valence-electron chi connectivity index (χ0n) is 15.8. The summed E-state index contributed by atoms with van der Waals surface area (Å²) in [4.78, 5) is 16.0. The molecule has 0 bridgehead atoms. The van der Waals surface area contributed by atoms with E-state index in [0.717, 1.165) is 28.3 Å². The molecule has 1 amide bonds. The highest BCUT2D eigenvalue weighted by Gasteiger charge is 2.25. The number of benzene rings is 1. The molecule has 142 valence electrons. The van der Waals surface area contributed by atoms with E-state index in [9.17, 15) is 9.18 Å². The molecule has 0 aliphatic heterocycles. The van der Waals surface area contributed by atoms with Gasteiger partial charge in [0.05, 0.1) is 24.0 Å². The number of aromatic nitrogens is 4. The van der Waals surface area contributed by atoms with Crippen molar-refractivity contribution in [2.45, 2.75) is 20.4 Å². The van der Waals surface area contributed by atoms with E-state index in [-0.39, 0.29) is 11.7 Å². The Bertz CT molecular complexity index is 1140. The van der Waals surface area contributed by atoms with Crippen LogP contribution in [0, 0.1) is 19.7 Å².